The van der Waals surface area contributed by atoms with Gasteiger partial charge in [0.15, 0.2) is 0 Å². The Hall–Kier alpha value is -2.41. The molecule has 1 amide bonds. The molecule has 7 nitrogen and oxygen atoms in total. The minimum atomic E-state index is -0.213. The third-order valence-corrected chi connectivity index (χ3v) is 2.84. The lowest BCUT2D eigenvalue weighted by Gasteiger charge is -2.09. The zero-order chi connectivity index (χ0) is 15.9. The Labute approximate surface area is 129 Å². The van der Waals surface area contributed by atoms with E-state index in [4.69, 9.17) is 4.74 Å². The van der Waals surface area contributed by atoms with E-state index >= 15 is 0 Å². The van der Waals surface area contributed by atoms with Crippen LogP contribution in [0.25, 0.3) is 11.0 Å². The number of nitrogens with one attached hydrogen (secondary N) is 3. The van der Waals surface area contributed by atoms with Crippen molar-refractivity contribution in [3.8, 4) is 5.88 Å². The van der Waals surface area contributed by atoms with Gasteiger partial charge >= 0.3 is 0 Å². The van der Waals surface area contributed by atoms with Gasteiger partial charge in [-0.05, 0) is 13.0 Å². The normalized spacial score (nSPS) is 11.5. The molecule has 0 saturated carbocycles. The highest BCUT2D eigenvalue weighted by Crippen LogP contribution is 2.29. The Bertz CT molecular complexity index is 663. The van der Waals surface area contributed by atoms with Gasteiger partial charge in [0.2, 0.25) is 11.8 Å². The second-order valence-corrected chi connectivity index (χ2v) is 5.26. The maximum absolute atomic E-state index is 11.9. The number of hydrogen-bond donors (Lipinski definition) is 3. The summed E-state index contributed by atoms with van der Waals surface area (Å²) in [6, 6.07) is 0. The number of ether oxygens (including phenoxy) is 1. The summed E-state index contributed by atoms with van der Waals surface area (Å²) in [4.78, 5) is 23.2. The molecule has 2 aromatic heterocycles. The van der Waals surface area contributed by atoms with Gasteiger partial charge in [0.05, 0.1) is 12.3 Å². The van der Waals surface area contributed by atoms with Gasteiger partial charge in [0.25, 0.3) is 0 Å². The highest BCUT2D eigenvalue weighted by atomic mass is 16.5. The van der Waals surface area contributed by atoms with Crippen molar-refractivity contribution in [1.82, 2.24) is 20.3 Å². The molecular formula is C15H21N5O2. The summed E-state index contributed by atoms with van der Waals surface area (Å²) in [5.41, 5.74) is 1.23. The van der Waals surface area contributed by atoms with Crippen LogP contribution in [0.2, 0.25) is 0 Å². The Morgan fingerprint density at radius 2 is 2.27 bits per heavy atom. The Kier molecular flexibility index (Phi) is 5.48. The van der Waals surface area contributed by atoms with Gasteiger partial charge in [-0.3, -0.25) is 4.79 Å². The molecule has 0 aromatic carbocycles. The van der Waals surface area contributed by atoms with E-state index in [1.807, 2.05) is 7.05 Å². The first-order valence-corrected chi connectivity index (χ1v) is 7.18. The Morgan fingerprint density at radius 3 is 3.00 bits per heavy atom. The van der Waals surface area contributed by atoms with E-state index in [1.165, 1.54) is 12.4 Å². The summed E-state index contributed by atoms with van der Waals surface area (Å²) < 4.78 is 5.71. The SMILES string of the molecule is CNCC=CC(=O)Nc1c[nH]c2ncnc(OCC(C)C)c12. The molecule has 0 radical (unpaired) electrons. The highest BCUT2D eigenvalue weighted by Gasteiger charge is 2.14. The molecule has 118 valence electrons. The van der Waals surface area contributed by atoms with Crippen molar-refractivity contribution in [2.24, 2.45) is 5.92 Å². The predicted octanol–water partition coefficient (Wildman–Crippen LogP) is 1.71. The number of nitrogens with zero attached hydrogens (tertiary/aromatic N) is 2. The van der Waals surface area contributed by atoms with Gasteiger partial charge in [0, 0.05) is 18.8 Å². The summed E-state index contributed by atoms with van der Waals surface area (Å²) in [5.74, 6) is 0.635. The van der Waals surface area contributed by atoms with Crippen LogP contribution in [0.4, 0.5) is 5.69 Å². The number of fused-ring (bicyclic) bond motifs is 1. The molecule has 3 N–H and O–H groups in total. The van der Waals surface area contributed by atoms with Crippen LogP contribution in [0, 0.1) is 5.92 Å². The lowest BCUT2D eigenvalue weighted by molar-refractivity contribution is -0.111. The van der Waals surface area contributed by atoms with Crippen LogP contribution >= 0.6 is 0 Å². The summed E-state index contributed by atoms with van der Waals surface area (Å²) >= 11 is 0. The fraction of sp³-hybridized carbons (Fsp3) is 0.400. The molecule has 0 atom stereocenters. The first kappa shape index (κ1) is 16.0. The average molecular weight is 303 g/mol. The fourth-order valence-corrected chi connectivity index (χ4v) is 1.85. The smallest absolute Gasteiger partial charge is 0.248 e. The molecule has 0 bridgehead atoms. The van der Waals surface area contributed by atoms with Crippen molar-refractivity contribution in [3.05, 3.63) is 24.7 Å². The van der Waals surface area contributed by atoms with Crippen molar-refractivity contribution in [2.75, 3.05) is 25.5 Å². The van der Waals surface area contributed by atoms with Crippen molar-refractivity contribution >= 4 is 22.6 Å². The van der Waals surface area contributed by atoms with Crippen molar-refractivity contribution < 1.29 is 9.53 Å². The summed E-state index contributed by atoms with van der Waals surface area (Å²) in [5, 5.41) is 6.42. The van der Waals surface area contributed by atoms with Crippen molar-refractivity contribution in [3.63, 3.8) is 0 Å². The number of hydrogen-bond acceptors (Lipinski definition) is 5. The van der Waals surface area contributed by atoms with Crippen LogP contribution in [0.3, 0.4) is 0 Å². The van der Waals surface area contributed by atoms with Crippen LogP contribution < -0.4 is 15.4 Å². The van der Waals surface area contributed by atoms with E-state index in [-0.39, 0.29) is 5.91 Å². The van der Waals surface area contributed by atoms with E-state index in [0.29, 0.717) is 41.7 Å². The maximum atomic E-state index is 11.9. The predicted molar refractivity (Wildman–Crippen MR) is 85.9 cm³/mol. The number of carbonyl (C=O) groups is 1. The zero-order valence-electron chi connectivity index (χ0n) is 13.0. The Balaban J connectivity index is 2.21. The van der Waals surface area contributed by atoms with Gasteiger partial charge in [0.1, 0.15) is 17.4 Å². The third-order valence-electron chi connectivity index (χ3n) is 2.84. The number of likely N-dealkylation sites (N-methyl/N-ethyl adjacent to an activating group) is 1. The van der Waals surface area contributed by atoms with Crippen LogP contribution in [0.15, 0.2) is 24.7 Å². The van der Waals surface area contributed by atoms with Crippen LogP contribution in [-0.2, 0) is 4.79 Å². The van der Waals surface area contributed by atoms with Gasteiger partial charge in [-0.25, -0.2) is 9.97 Å². The number of carbonyl (C=O) groups excluding carboxylic acids is 1. The average Bonchev–Trinajstić information content (AvgIpc) is 2.89. The zero-order valence-corrected chi connectivity index (χ0v) is 13.0. The summed E-state index contributed by atoms with van der Waals surface area (Å²) in [6.07, 6.45) is 6.35. The van der Waals surface area contributed by atoms with Gasteiger partial charge in [-0.15, -0.1) is 0 Å². The molecule has 22 heavy (non-hydrogen) atoms. The lowest BCUT2D eigenvalue weighted by Crippen LogP contribution is -2.11. The number of rotatable bonds is 7. The maximum Gasteiger partial charge on any atom is 0.248 e. The van der Waals surface area contributed by atoms with E-state index in [2.05, 4.69) is 39.4 Å². The number of amides is 1. The topological polar surface area (TPSA) is 91.9 Å². The number of aromatic amines is 1. The Morgan fingerprint density at radius 1 is 1.45 bits per heavy atom. The highest BCUT2D eigenvalue weighted by molar-refractivity contribution is 6.06. The van der Waals surface area contributed by atoms with E-state index in [1.54, 1.807) is 12.3 Å². The molecule has 2 rings (SSSR count). The molecule has 7 heteroatoms. The molecule has 0 unspecified atom stereocenters. The van der Waals surface area contributed by atoms with E-state index in [0.717, 1.165) is 0 Å². The summed E-state index contributed by atoms with van der Waals surface area (Å²) in [6.45, 7) is 5.30. The molecule has 0 fully saturated rings. The van der Waals surface area contributed by atoms with Crippen molar-refractivity contribution in [1.29, 1.82) is 0 Å². The fourth-order valence-electron chi connectivity index (χ4n) is 1.85. The lowest BCUT2D eigenvalue weighted by atomic mass is 10.2. The molecule has 0 aliphatic rings. The first-order valence-electron chi connectivity index (χ1n) is 7.18. The molecule has 0 aliphatic heterocycles. The van der Waals surface area contributed by atoms with Gasteiger partial charge in [-0.1, -0.05) is 19.9 Å². The molecule has 0 spiro atoms. The number of H-pyrrole nitrogens is 1. The second-order valence-electron chi connectivity index (χ2n) is 5.26. The van der Waals surface area contributed by atoms with Gasteiger partial charge in [-0.2, -0.15) is 0 Å². The number of aromatic nitrogens is 3. The minimum Gasteiger partial charge on any atom is -0.477 e. The third kappa shape index (κ3) is 4.05. The van der Waals surface area contributed by atoms with E-state index < -0.39 is 0 Å². The summed E-state index contributed by atoms with van der Waals surface area (Å²) in [7, 11) is 1.82. The molecule has 0 aliphatic carbocycles. The van der Waals surface area contributed by atoms with Crippen LogP contribution in [0.1, 0.15) is 13.8 Å². The largest absolute Gasteiger partial charge is 0.477 e. The van der Waals surface area contributed by atoms with Crippen LogP contribution in [0.5, 0.6) is 5.88 Å². The molecular weight excluding hydrogens is 282 g/mol. The minimum absolute atomic E-state index is 0.213. The quantitative estimate of drug-likeness (QED) is 0.677. The molecule has 0 saturated heterocycles. The second kappa shape index (κ2) is 7.56. The molecule has 2 heterocycles. The first-order chi connectivity index (χ1) is 10.6. The van der Waals surface area contributed by atoms with Crippen molar-refractivity contribution in [2.45, 2.75) is 13.8 Å². The standard InChI is InChI=1S/C15H21N5O2/c1-10(2)8-22-15-13-11(7-17-14(13)18-9-19-15)20-12(21)5-4-6-16-3/h4-5,7,9-10,16H,6,8H2,1-3H3,(H,20,21)(H,17,18,19). The number of anilines is 1. The van der Waals surface area contributed by atoms with Crippen LogP contribution in [-0.4, -0.2) is 41.1 Å². The monoisotopic (exact) mass is 303 g/mol. The molecule has 2 aromatic rings. The van der Waals surface area contributed by atoms with E-state index in [9.17, 15) is 4.79 Å². The van der Waals surface area contributed by atoms with Gasteiger partial charge < -0.3 is 20.4 Å².